The van der Waals surface area contributed by atoms with Crippen LogP contribution in [0.2, 0.25) is 0 Å². The Morgan fingerprint density at radius 1 is 0.516 bits per heavy atom. The Hall–Kier alpha value is -6.86. The van der Waals surface area contributed by atoms with Crippen molar-refractivity contribution in [2.75, 3.05) is 62.4 Å². The normalized spacial score (nSPS) is 22.8. The van der Waals surface area contributed by atoms with E-state index in [-0.39, 0.29) is 24.3 Å². The molecule has 4 amide bonds. The minimum absolute atomic E-state index is 0.0900. The average molecular weight is 1300 g/mol. The molecule has 0 unspecified atom stereocenters. The Labute approximate surface area is 536 Å². The molecule has 492 valence electrons. The largest absolute Gasteiger partial charge is 0.477 e. The van der Waals surface area contributed by atoms with Crippen molar-refractivity contribution in [2.24, 2.45) is 0 Å². The number of nitrogens with one attached hydrogen (secondary N) is 6. The predicted molar refractivity (Wildman–Crippen MR) is 340 cm³/mol. The van der Waals surface area contributed by atoms with E-state index in [0.29, 0.717) is 49.9 Å². The van der Waals surface area contributed by atoms with Crippen LogP contribution in [-0.4, -0.2) is 211 Å². The molecular weight excluding hydrogens is 1220 g/mol. The highest BCUT2D eigenvalue weighted by molar-refractivity contribution is 7.99. The topological polar surface area (TPSA) is 373 Å². The van der Waals surface area contributed by atoms with Gasteiger partial charge < -0.3 is 91.7 Å². The molecular formula is C65H82N6O18S2. The van der Waals surface area contributed by atoms with Crippen LogP contribution in [0, 0.1) is 0 Å². The lowest BCUT2D eigenvalue weighted by Gasteiger charge is -2.46. The van der Waals surface area contributed by atoms with Crippen LogP contribution in [0.4, 0.5) is 0 Å². The number of carboxylic acid groups (broad SMARTS) is 2. The fourth-order valence-electron chi connectivity index (χ4n) is 10.5. The zero-order valence-electron chi connectivity index (χ0n) is 50.6. The molecule has 0 bridgehead atoms. The number of carboxylic acids is 2. The van der Waals surface area contributed by atoms with Gasteiger partial charge in [0, 0.05) is 94.3 Å². The molecule has 0 aliphatic carbocycles. The third-order valence-electron chi connectivity index (χ3n) is 15.3. The SMILES string of the molecule is CC(=O)N[C@H]1[C@H]([C@H](O)[C@H](O)CNC(=O)c2ccc(-c3ccccc3)cc2)O[C@@](OCCCSCCNCc2ccc(CNCCSCCO[C@]3(C(=O)O)C[C@H](O)[C@@H](NC(C)=O)[C@H]([C@H](O)[C@H](O)CNC(=O)c4ccc(-c5ccccc5)cc4)O3)cc2)(C(=O)O)C[C@@H]1O. The van der Waals surface area contributed by atoms with Crippen molar-refractivity contribution in [3.05, 3.63) is 156 Å². The van der Waals surface area contributed by atoms with Gasteiger partial charge in [0.05, 0.1) is 49.7 Å². The molecule has 2 fully saturated rings. The highest BCUT2D eigenvalue weighted by Gasteiger charge is 2.57. The minimum Gasteiger partial charge on any atom is -0.477 e. The number of hydrogen-bond donors (Lipinski definition) is 14. The molecule has 7 rings (SSSR count). The van der Waals surface area contributed by atoms with Gasteiger partial charge >= 0.3 is 11.9 Å². The number of benzene rings is 5. The van der Waals surface area contributed by atoms with Gasteiger partial charge in [0.25, 0.3) is 23.4 Å². The lowest BCUT2D eigenvalue weighted by molar-refractivity contribution is -0.310. The molecule has 14 N–H and O–H groups in total. The molecule has 2 aliphatic heterocycles. The van der Waals surface area contributed by atoms with E-state index in [4.69, 9.17) is 18.9 Å². The lowest BCUT2D eigenvalue weighted by Crippen LogP contribution is -2.68. The van der Waals surface area contributed by atoms with E-state index >= 15 is 0 Å². The second-order valence-corrected chi connectivity index (χ2v) is 24.6. The molecule has 2 heterocycles. The first kappa shape index (κ1) is 71.6. The predicted octanol–water partition coefficient (Wildman–Crippen LogP) is 2.26. The zero-order valence-corrected chi connectivity index (χ0v) is 52.2. The van der Waals surface area contributed by atoms with E-state index in [9.17, 15) is 69.6 Å². The van der Waals surface area contributed by atoms with Gasteiger partial charge in [-0.3, -0.25) is 19.2 Å². The van der Waals surface area contributed by atoms with Crippen LogP contribution < -0.4 is 31.9 Å². The quantitative estimate of drug-likeness (QED) is 0.0259. The number of carbonyl (C=O) groups is 6. The van der Waals surface area contributed by atoms with Crippen LogP contribution in [0.25, 0.3) is 22.3 Å². The molecule has 2 saturated heterocycles. The molecule has 12 atom stereocenters. The molecule has 91 heavy (non-hydrogen) atoms. The van der Waals surface area contributed by atoms with Gasteiger partial charge in [-0.1, -0.05) is 109 Å². The van der Waals surface area contributed by atoms with Crippen LogP contribution in [0.3, 0.4) is 0 Å². The maximum Gasteiger partial charge on any atom is 0.364 e. The fourth-order valence-corrected chi connectivity index (χ4v) is 12.0. The highest BCUT2D eigenvalue weighted by atomic mass is 32.2. The Morgan fingerprint density at radius 3 is 1.27 bits per heavy atom. The average Bonchev–Trinajstić information content (AvgIpc) is 0.788. The summed E-state index contributed by atoms with van der Waals surface area (Å²) in [4.78, 5) is 75.7. The van der Waals surface area contributed by atoms with E-state index < -0.39 is 134 Å². The van der Waals surface area contributed by atoms with Gasteiger partial charge in [0.2, 0.25) is 11.8 Å². The van der Waals surface area contributed by atoms with Gasteiger partial charge in [0.1, 0.15) is 24.4 Å². The number of thioether (sulfide) groups is 2. The summed E-state index contributed by atoms with van der Waals surface area (Å²) >= 11 is 3.09. The lowest BCUT2D eigenvalue weighted by atomic mass is 9.88. The van der Waals surface area contributed by atoms with Crippen molar-refractivity contribution < 1.29 is 88.6 Å². The summed E-state index contributed by atoms with van der Waals surface area (Å²) in [6, 6.07) is 38.1. The van der Waals surface area contributed by atoms with Crippen LogP contribution in [0.15, 0.2) is 133 Å². The number of carbonyl (C=O) groups excluding carboxylic acids is 4. The van der Waals surface area contributed by atoms with Crippen LogP contribution >= 0.6 is 23.5 Å². The minimum atomic E-state index is -2.43. The molecule has 0 aromatic heterocycles. The second kappa shape index (κ2) is 35.3. The van der Waals surface area contributed by atoms with Crippen LogP contribution in [-0.2, 0) is 51.2 Å². The summed E-state index contributed by atoms with van der Waals surface area (Å²) in [5.74, 6) is -8.01. The van der Waals surface area contributed by atoms with E-state index in [1.54, 1.807) is 60.3 Å². The summed E-state index contributed by atoms with van der Waals surface area (Å²) < 4.78 is 23.3. The molecule has 5 aromatic rings. The number of aliphatic carboxylic acids is 2. The maximum absolute atomic E-state index is 13.0. The summed E-state index contributed by atoms with van der Waals surface area (Å²) in [5, 5.41) is 105. The number of aliphatic hydroxyl groups excluding tert-OH is 6. The van der Waals surface area contributed by atoms with Gasteiger partial charge in [0.15, 0.2) is 0 Å². The van der Waals surface area contributed by atoms with Crippen molar-refractivity contribution in [1.82, 2.24) is 31.9 Å². The van der Waals surface area contributed by atoms with Gasteiger partial charge in [-0.25, -0.2) is 9.59 Å². The highest BCUT2D eigenvalue weighted by Crippen LogP contribution is 2.36. The van der Waals surface area contributed by atoms with Crippen LogP contribution in [0.1, 0.15) is 65.0 Å². The van der Waals surface area contributed by atoms with E-state index in [2.05, 4.69) is 31.9 Å². The Kier molecular flexibility index (Phi) is 27.7. The first-order valence-electron chi connectivity index (χ1n) is 29.9. The molecule has 0 saturated carbocycles. The molecule has 26 heteroatoms. The third kappa shape index (κ3) is 20.8. The number of ether oxygens (including phenoxy) is 4. The van der Waals surface area contributed by atoms with Crippen LogP contribution in [0.5, 0.6) is 0 Å². The zero-order chi connectivity index (χ0) is 65.5. The molecule has 2 aliphatic rings. The van der Waals surface area contributed by atoms with Gasteiger partial charge in [-0.05, 0) is 69.8 Å². The van der Waals surface area contributed by atoms with Crippen molar-refractivity contribution in [1.29, 1.82) is 0 Å². The summed E-state index contributed by atoms with van der Waals surface area (Å²) in [6.45, 7) is 3.68. The van der Waals surface area contributed by atoms with Gasteiger partial charge in [-0.15, -0.1) is 0 Å². The Balaban J connectivity index is 0.761. The smallest absolute Gasteiger partial charge is 0.364 e. The van der Waals surface area contributed by atoms with Gasteiger partial charge in [-0.2, -0.15) is 23.5 Å². The van der Waals surface area contributed by atoms with E-state index in [1.165, 1.54) is 25.6 Å². The van der Waals surface area contributed by atoms with E-state index in [0.717, 1.165) is 39.1 Å². The van der Waals surface area contributed by atoms with Crippen molar-refractivity contribution in [3.63, 3.8) is 0 Å². The fraction of sp³-hybridized carbons (Fsp3) is 0.446. The number of amides is 4. The number of hydrogen-bond acceptors (Lipinski definition) is 20. The maximum atomic E-state index is 13.0. The first-order valence-corrected chi connectivity index (χ1v) is 32.2. The first-order chi connectivity index (χ1) is 43.7. The molecule has 0 radical (unpaired) electrons. The van der Waals surface area contributed by atoms with Crippen molar-refractivity contribution in [3.8, 4) is 22.3 Å². The van der Waals surface area contributed by atoms with Crippen molar-refractivity contribution in [2.45, 2.75) is 119 Å². The number of aliphatic hydroxyl groups is 6. The summed E-state index contributed by atoms with van der Waals surface area (Å²) in [6.07, 6.45) is -14.4. The molecule has 24 nitrogen and oxygen atoms in total. The third-order valence-corrected chi connectivity index (χ3v) is 17.3. The molecule has 5 aromatic carbocycles. The second-order valence-electron chi connectivity index (χ2n) is 22.1. The van der Waals surface area contributed by atoms with E-state index in [1.807, 2.05) is 84.9 Å². The Bertz CT molecular complexity index is 3130. The summed E-state index contributed by atoms with van der Waals surface area (Å²) in [5.41, 5.74) is 6.40. The molecule has 0 spiro atoms. The number of rotatable bonds is 35. The summed E-state index contributed by atoms with van der Waals surface area (Å²) in [7, 11) is 0. The Morgan fingerprint density at radius 2 is 0.890 bits per heavy atom. The monoisotopic (exact) mass is 1300 g/mol. The van der Waals surface area contributed by atoms with Crippen molar-refractivity contribution >= 4 is 59.1 Å². The standard InChI is InChI=1S/C65H82N6O18S2/c1-40(72)70-54-50(74)34-64(62(82)83,88-58(54)56(78)52(76)38-68-60(80)48-22-18-46(19-23-48)44-10-5-3-6-11-44)86-28-9-30-90-31-26-66-36-42-14-16-43(17-15-42)37-67-27-32-91-33-29-87-65(63(84)85)35-51(75)55(71-41(2)73)59(89-65)57(79)53(77)39-69-61(81)49-24-20-47(21-25-49)45-12-7-4-8-13-45/h3-8,10-25,50-59,66-67,74-79H,9,26-39H2,1-2H3,(H,68,80)(H,69,81)(H,70,72)(H,71,73)(H,82,83)(H,84,85)/t50-,51-,52+,53+,54+,55+,56+,57+,58+,59+,64+,65+/m0/s1.